The largest absolute Gasteiger partial charge is 0.522 e. The number of rotatable bonds is 31. The second kappa shape index (κ2) is 41.9. The summed E-state index contributed by atoms with van der Waals surface area (Å²) in [6.07, 6.45) is 6.88. The number of carbonyl (C=O) groups excluding carboxylic acids is 5. The normalized spacial score (nSPS) is 15.0. The van der Waals surface area contributed by atoms with Crippen molar-refractivity contribution in [1.29, 1.82) is 0 Å². The molecular weight excluding hydrogens is 958 g/mol. The monoisotopic (exact) mass is 1030 g/mol. The molecule has 2 unspecified atom stereocenters. The molecule has 0 bridgehead atoms. The van der Waals surface area contributed by atoms with Gasteiger partial charge in [0.05, 0.1) is 66.6 Å². The van der Waals surface area contributed by atoms with Gasteiger partial charge in [0.2, 0.25) is 30.5 Å². The number of hydrogen-bond donors (Lipinski definition) is 5. The molecule has 0 aliphatic heterocycles. The lowest BCUT2D eigenvalue weighted by molar-refractivity contribution is -0.327. The van der Waals surface area contributed by atoms with Gasteiger partial charge in [-0.1, -0.05) is 46.3 Å². The molecule has 0 spiro atoms. The lowest BCUT2D eigenvalue weighted by atomic mass is 9.85. The molecule has 1 aliphatic carbocycles. The van der Waals surface area contributed by atoms with Gasteiger partial charge in [-0.2, -0.15) is 4.39 Å². The zero-order chi connectivity index (χ0) is 54.0. The molecule has 72 heavy (non-hydrogen) atoms. The molecule has 408 valence electrons. The number of aliphatic imine (C=N–C) groups is 1. The van der Waals surface area contributed by atoms with Gasteiger partial charge >= 0.3 is 6.36 Å². The van der Waals surface area contributed by atoms with E-state index in [1.807, 2.05) is 33.8 Å². The average Bonchev–Trinajstić information content (AvgIpc) is 3.37. The lowest BCUT2D eigenvalue weighted by Crippen LogP contribution is -2.41. The highest BCUT2D eigenvalue weighted by atomic mass is 19.4. The summed E-state index contributed by atoms with van der Waals surface area (Å²) in [6.45, 7) is 14.7. The molecule has 2 atom stereocenters. The summed E-state index contributed by atoms with van der Waals surface area (Å²) in [4.78, 5) is 65.2. The van der Waals surface area contributed by atoms with Gasteiger partial charge in [-0.3, -0.25) is 38.7 Å². The Kier molecular flexibility index (Phi) is 38.7. The third-order valence-corrected chi connectivity index (χ3v) is 10.3. The van der Waals surface area contributed by atoms with E-state index < -0.39 is 30.5 Å². The number of anilines is 1. The molecule has 18 nitrogen and oxygen atoms in total. The number of alkyl halides is 3. The SMILES string of the molecule is CC.CC=N/C=C\C.CCC(C)C(COC(F)(F)F)c1ccc(F)c(F)c1OC.O=CNCCOCCOCCOCCC(=O)NC1CCC(C(=O)NCCOCCNC(=O)c2cc(NC=O)ccn2)CC1. The molecule has 1 fully saturated rings. The van der Waals surface area contributed by atoms with Crippen molar-refractivity contribution < 1.29 is 74.3 Å². The minimum absolute atomic E-state index is 0.0198. The number of ether oxygens (including phenoxy) is 6. The molecule has 2 aromatic rings. The molecule has 1 aromatic carbocycles. The molecule has 3 rings (SSSR count). The summed E-state index contributed by atoms with van der Waals surface area (Å²) in [6, 6.07) is 5.20. The van der Waals surface area contributed by atoms with Crippen LogP contribution in [0.15, 0.2) is 47.7 Å². The van der Waals surface area contributed by atoms with E-state index in [4.69, 9.17) is 23.7 Å². The van der Waals surface area contributed by atoms with Crippen molar-refractivity contribution in [3.63, 3.8) is 0 Å². The van der Waals surface area contributed by atoms with E-state index in [9.17, 15) is 45.9 Å². The maximum Gasteiger partial charge on any atom is 0.522 e. The topological polar surface area (TPSA) is 226 Å². The summed E-state index contributed by atoms with van der Waals surface area (Å²) in [5.74, 6) is -4.27. The van der Waals surface area contributed by atoms with E-state index in [-0.39, 0.29) is 72.2 Å². The van der Waals surface area contributed by atoms with Gasteiger partial charge in [0.15, 0.2) is 11.6 Å². The van der Waals surface area contributed by atoms with E-state index in [1.54, 1.807) is 32.3 Å². The van der Waals surface area contributed by atoms with Crippen LogP contribution in [0.1, 0.15) is 102 Å². The fraction of sp³-hybridized carbons (Fsp3) is 0.612. The molecular formula is C49H76F5N7O11. The van der Waals surface area contributed by atoms with Crippen molar-refractivity contribution in [3.05, 3.63) is 65.6 Å². The predicted molar refractivity (Wildman–Crippen MR) is 263 cm³/mol. The van der Waals surface area contributed by atoms with Crippen LogP contribution in [0, 0.1) is 23.5 Å². The molecule has 1 saturated carbocycles. The van der Waals surface area contributed by atoms with Crippen LogP contribution in [0.3, 0.4) is 0 Å². The van der Waals surface area contributed by atoms with Crippen molar-refractivity contribution in [3.8, 4) is 5.75 Å². The number of halogens is 5. The van der Waals surface area contributed by atoms with E-state index in [0.717, 1.165) is 26.0 Å². The van der Waals surface area contributed by atoms with Crippen LogP contribution in [0.25, 0.3) is 0 Å². The van der Waals surface area contributed by atoms with Crippen molar-refractivity contribution in [2.45, 2.75) is 98.4 Å². The number of hydrogen-bond acceptors (Lipinski definition) is 13. The third-order valence-electron chi connectivity index (χ3n) is 10.3. The number of allylic oxidation sites excluding steroid dienone is 1. The van der Waals surface area contributed by atoms with E-state index in [0.29, 0.717) is 97.1 Å². The van der Waals surface area contributed by atoms with Crippen molar-refractivity contribution in [2.24, 2.45) is 16.8 Å². The molecule has 0 saturated heterocycles. The number of nitrogens with one attached hydrogen (secondary N) is 5. The predicted octanol–water partition coefficient (Wildman–Crippen LogP) is 6.65. The van der Waals surface area contributed by atoms with Crippen LogP contribution in [0.5, 0.6) is 5.75 Å². The fourth-order valence-electron chi connectivity index (χ4n) is 6.48. The standard InChI is InChI=1S/C28H44N6O9.C14H17F5O2.C5H9N.C2H6/c35-20-29-8-12-42-16-18-43-17-15-40-11-6-26(37)34-23-3-1-22(2-4-23)27(38)31-9-13-41-14-10-32-28(39)25-19-24(33-21-36)5-7-30-25;1-4-8(2)10(7-21-14(17,18)19)9-5-6-11(15)12(16)13(9)20-3;1-3-5-6-4-2;1-2/h5,7,19-23H,1-4,6,8-18H2,(H,29,35)(H,31,38)(H,32,39)(H,34,37)(H,30,33,36);5-6,8,10H,4,7H2,1-3H3;3-5H,1-2H3;1-2H3/b;;5-3-,6-4?;. The first-order chi connectivity index (χ1) is 34.7. The number of aromatic nitrogens is 1. The van der Waals surface area contributed by atoms with Gasteiger partial charge in [-0.15, -0.1) is 13.2 Å². The third kappa shape index (κ3) is 31.0. The van der Waals surface area contributed by atoms with Crippen LogP contribution in [0.4, 0.5) is 27.6 Å². The Morgan fingerprint density at radius 1 is 0.847 bits per heavy atom. The Bertz CT molecular complexity index is 1850. The first-order valence-electron chi connectivity index (χ1n) is 24.0. The minimum Gasteiger partial charge on any atom is -0.493 e. The Morgan fingerprint density at radius 3 is 2.03 bits per heavy atom. The smallest absolute Gasteiger partial charge is 0.493 e. The highest BCUT2D eigenvalue weighted by Gasteiger charge is 2.34. The van der Waals surface area contributed by atoms with Crippen LogP contribution < -0.4 is 31.3 Å². The van der Waals surface area contributed by atoms with Crippen molar-refractivity contribution >= 4 is 42.4 Å². The minimum atomic E-state index is -4.78. The Hall–Kier alpha value is -5.62. The first-order valence-corrected chi connectivity index (χ1v) is 24.0. The second-order valence-electron chi connectivity index (χ2n) is 15.2. The number of benzene rings is 1. The average molecular weight is 1030 g/mol. The molecule has 1 aromatic heterocycles. The number of nitrogens with zero attached hydrogens (tertiary/aromatic N) is 2. The highest BCUT2D eigenvalue weighted by molar-refractivity contribution is 5.93. The molecule has 1 heterocycles. The quantitative estimate of drug-likeness (QED) is 0.0232. The van der Waals surface area contributed by atoms with Gasteiger partial charge in [-0.05, 0) is 63.6 Å². The molecule has 23 heteroatoms. The maximum absolute atomic E-state index is 13.7. The van der Waals surface area contributed by atoms with Crippen LogP contribution in [-0.2, 0) is 42.9 Å². The van der Waals surface area contributed by atoms with E-state index >= 15 is 0 Å². The lowest BCUT2D eigenvalue weighted by Gasteiger charge is -2.28. The molecule has 1 aliphatic rings. The number of amides is 5. The molecule has 5 amide bonds. The van der Waals surface area contributed by atoms with Crippen LogP contribution >= 0.6 is 0 Å². The van der Waals surface area contributed by atoms with E-state index in [1.165, 1.54) is 18.3 Å². The van der Waals surface area contributed by atoms with Gasteiger partial charge in [0.1, 0.15) is 5.69 Å². The van der Waals surface area contributed by atoms with Gasteiger partial charge < -0.3 is 50.3 Å². The zero-order valence-corrected chi connectivity index (χ0v) is 42.6. The maximum atomic E-state index is 13.7. The van der Waals surface area contributed by atoms with Gasteiger partial charge in [0, 0.05) is 73.8 Å². The Balaban J connectivity index is 0.00000143. The molecule has 5 N–H and O–H groups in total. The molecule has 0 radical (unpaired) electrons. The summed E-state index contributed by atoms with van der Waals surface area (Å²) >= 11 is 0. The summed E-state index contributed by atoms with van der Waals surface area (Å²) in [5.41, 5.74) is 0.817. The number of methoxy groups -OCH3 is 1. The second-order valence-corrected chi connectivity index (χ2v) is 15.2. The Labute approximate surface area is 420 Å². The summed E-state index contributed by atoms with van der Waals surface area (Å²) < 4.78 is 93.8. The van der Waals surface area contributed by atoms with Crippen LogP contribution in [-0.4, -0.2) is 140 Å². The van der Waals surface area contributed by atoms with Gasteiger partial charge in [-0.25, -0.2) is 4.39 Å². The zero-order valence-electron chi connectivity index (χ0n) is 42.6. The van der Waals surface area contributed by atoms with Crippen LogP contribution in [0.2, 0.25) is 0 Å². The summed E-state index contributed by atoms with van der Waals surface area (Å²) in [5, 5.41) is 13.6. The highest BCUT2D eigenvalue weighted by Crippen LogP contribution is 2.37. The summed E-state index contributed by atoms with van der Waals surface area (Å²) in [7, 11) is 1.14. The first kappa shape index (κ1) is 66.4. The van der Waals surface area contributed by atoms with Crippen molar-refractivity contribution in [1.82, 2.24) is 26.3 Å². The van der Waals surface area contributed by atoms with E-state index in [2.05, 4.69) is 41.3 Å². The van der Waals surface area contributed by atoms with Gasteiger partial charge in [0.25, 0.3) is 5.91 Å². The number of carbonyl (C=O) groups is 5. The van der Waals surface area contributed by atoms with Crippen molar-refractivity contribution in [2.75, 3.05) is 91.5 Å². The Morgan fingerprint density at radius 2 is 1.46 bits per heavy atom. The number of pyridine rings is 1. The fourth-order valence-corrected chi connectivity index (χ4v) is 6.48.